The maximum Gasteiger partial charge on any atom is 0.329 e. The van der Waals surface area contributed by atoms with Crippen LogP contribution < -0.4 is 10.2 Å². The lowest BCUT2D eigenvalue weighted by Crippen LogP contribution is -2.49. The molecule has 7 heteroatoms. The van der Waals surface area contributed by atoms with Gasteiger partial charge in [-0.2, -0.15) is 0 Å². The van der Waals surface area contributed by atoms with Crippen LogP contribution in [-0.4, -0.2) is 41.4 Å². The molecule has 2 aromatic carbocycles. The van der Waals surface area contributed by atoms with Gasteiger partial charge in [0, 0.05) is 42.5 Å². The third-order valence-electron chi connectivity index (χ3n) is 6.00. The Bertz CT molecular complexity index is 1000. The molecule has 1 saturated heterocycles. The summed E-state index contributed by atoms with van der Waals surface area (Å²) in [6.07, 6.45) is 1.96. The molecule has 0 saturated carbocycles. The number of carbonyl (C=O) groups excluding carboxylic acids is 1. The van der Waals surface area contributed by atoms with Crippen molar-refractivity contribution >= 4 is 29.2 Å². The van der Waals surface area contributed by atoms with E-state index in [9.17, 15) is 4.79 Å². The van der Waals surface area contributed by atoms with Gasteiger partial charge in [-0.3, -0.25) is 15.1 Å². The van der Waals surface area contributed by atoms with Gasteiger partial charge >= 0.3 is 6.03 Å². The summed E-state index contributed by atoms with van der Waals surface area (Å²) >= 11 is 6.00. The molecule has 3 aliphatic rings. The third-order valence-corrected chi connectivity index (χ3v) is 6.26. The van der Waals surface area contributed by atoms with Crippen molar-refractivity contribution in [1.82, 2.24) is 15.1 Å². The molecule has 2 aromatic rings. The lowest BCUT2D eigenvalue weighted by Gasteiger charge is -2.28. The number of anilines is 1. The number of amidine groups is 1. The van der Waals surface area contributed by atoms with Crippen molar-refractivity contribution in [2.75, 3.05) is 24.7 Å². The van der Waals surface area contributed by atoms with Gasteiger partial charge in [-0.05, 0) is 35.7 Å². The fourth-order valence-electron chi connectivity index (χ4n) is 4.41. The van der Waals surface area contributed by atoms with Crippen LogP contribution in [-0.2, 0) is 6.54 Å². The van der Waals surface area contributed by atoms with E-state index >= 15 is 0 Å². The fourth-order valence-corrected chi connectivity index (χ4v) is 4.54. The summed E-state index contributed by atoms with van der Waals surface area (Å²) in [6.45, 7) is 5.42. The molecule has 2 unspecified atom stereocenters. The Balaban J connectivity index is 1.32. The van der Waals surface area contributed by atoms with E-state index in [-0.39, 0.29) is 11.9 Å². The van der Waals surface area contributed by atoms with Crippen molar-refractivity contribution in [3.63, 3.8) is 0 Å². The highest BCUT2D eigenvalue weighted by molar-refractivity contribution is 6.30. The third kappa shape index (κ3) is 3.68. The van der Waals surface area contributed by atoms with E-state index in [4.69, 9.17) is 16.6 Å². The number of benzene rings is 2. The molecular weight excluding hydrogens is 398 g/mol. The molecule has 0 spiro atoms. The SMILES string of the molecule is CC1CN(Cc2ccc(Cl)cc2)CC1C1=NC2=CN(c3ccccc3)CN2C(=O)N1. The van der Waals surface area contributed by atoms with Crippen LogP contribution in [0.1, 0.15) is 12.5 Å². The minimum atomic E-state index is -0.104. The van der Waals surface area contributed by atoms with Crippen LogP contribution in [0, 0.1) is 11.8 Å². The largest absolute Gasteiger partial charge is 0.329 e. The minimum absolute atomic E-state index is 0.104. The zero-order valence-corrected chi connectivity index (χ0v) is 17.6. The van der Waals surface area contributed by atoms with Gasteiger partial charge in [-0.25, -0.2) is 9.79 Å². The highest BCUT2D eigenvalue weighted by Gasteiger charge is 2.39. The van der Waals surface area contributed by atoms with Crippen LogP contribution in [0.3, 0.4) is 0 Å². The van der Waals surface area contributed by atoms with Crippen molar-refractivity contribution in [1.29, 1.82) is 0 Å². The quantitative estimate of drug-likeness (QED) is 0.808. The molecule has 3 heterocycles. The molecule has 3 aliphatic heterocycles. The second-order valence-electron chi connectivity index (χ2n) is 8.19. The summed E-state index contributed by atoms with van der Waals surface area (Å²) in [7, 11) is 0. The van der Waals surface area contributed by atoms with Gasteiger partial charge in [0.25, 0.3) is 0 Å². The van der Waals surface area contributed by atoms with E-state index in [1.54, 1.807) is 4.90 Å². The first kappa shape index (κ1) is 19.2. The van der Waals surface area contributed by atoms with Crippen LogP contribution in [0.4, 0.5) is 10.5 Å². The summed E-state index contributed by atoms with van der Waals surface area (Å²) in [4.78, 5) is 23.8. The van der Waals surface area contributed by atoms with Gasteiger partial charge in [0.1, 0.15) is 12.5 Å². The molecule has 0 radical (unpaired) electrons. The van der Waals surface area contributed by atoms with Crippen LogP contribution in [0.2, 0.25) is 5.02 Å². The number of para-hydroxylation sites is 1. The average Bonchev–Trinajstić information content (AvgIpc) is 3.34. The van der Waals surface area contributed by atoms with E-state index in [0.717, 1.165) is 36.2 Å². The smallest absolute Gasteiger partial charge is 0.326 e. The predicted octanol–water partition coefficient (Wildman–Crippen LogP) is 4.11. The first-order valence-electron chi connectivity index (χ1n) is 10.2. The second kappa shape index (κ2) is 7.78. The molecule has 1 fully saturated rings. The first-order chi connectivity index (χ1) is 14.6. The Morgan fingerprint density at radius 3 is 2.63 bits per heavy atom. The highest BCUT2D eigenvalue weighted by Crippen LogP contribution is 2.30. The van der Waals surface area contributed by atoms with Gasteiger partial charge in [0.05, 0.1) is 0 Å². The Morgan fingerprint density at radius 2 is 1.87 bits per heavy atom. The van der Waals surface area contributed by atoms with E-state index in [1.165, 1.54) is 5.56 Å². The molecule has 0 bridgehead atoms. The number of carbonyl (C=O) groups is 1. The number of likely N-dealkylation sites (tertiary alicyclic amines) is 1. The van der Waals surface area contributed by atoms with Crippen molar-refractivity contribution in [3.8, 4) is 0 Å². The summed E-state index contributed by atoms with van der Waals surface area (Å²) < 4.78 is 0. The first-order valence-corrected chi connectivity index (χ1v) is 10.6. The number of nitrogens with one attached hydrogen (secondary N) is 1. The summed E-state index contributed by atoms with van der Waals surface area (Å²) in [5, 5.41) is 3.80. The maximum absolute atomic E-state index is 12.8. The molecule has 5 rings (SSSR count). The minimum Gasteiger partial charge on any atom is -0.326 e. The molecule has 2 amide bonds. The zero-order chi connectivity index (χ0) is 20.7. The molecule has 2 atom stereocenters. The van der Waals surface area contributed by atoms with Gasteiger partial charge < -0.3 is 4.90 Å². The predicted molar refractivity (Wildman–Crippen MR) is 119 cm³/mol. The number of urea groups is 1. The number of aliphatic imine (C=N–C) groups is 1. The van der Waals surface area contributed by atoms with Crippen molar-refractivity contribution in [2.45, 2.75) is 13.5 Å². The van der Waals surface area contributed by atoms with Crippen molar-refractivity contribution in [2.24, 2.45) is 16.8 Å². The van der Waals surface area contributed by atoms with Crippen LogP contribution >= 0.6 is 11.6 Å². The second-order valence-corrected chi connectivity index (χ2v) is 8.63. The lowest BCUT2D eigenvalue weighted by molar-refractivity contribution is 0.216. The topological polar surface area (TPSA) is 51.2 Å². The lowest BCUT2D eigenvalue weighted by atomic mass is 9.96. The fraction of sp³-hybridized carbons (Fsp3) is 0.304. The number of amides is 2. The molecule has 154 valence electrons. The molecule has 30 heavy (non-hydrogen) atoms. The molecular formula is C23H24ClN5O. The Labute approximate surface area is 181 Å². The summed E-state index contributed by atoms with van der Waals surface area (Å²) in [5.74, 6) is 2.11. The number of nitrogens with zero attached hydrogens (tertiary/aromatic N) is 4. The van der Waals surface area contributed by atoms with E-state index in [2.05, 4.69) is 29.3 Å². The van der Waals surface area contributed by atoms with E-state index < -0.39 is 0 Å². The standard InChI is InChI=1S/C23H24ClN5O/c1-16-11-27(12-17-7-9-18(24)10-8-17)13-20(16)22-25-21-14-28(15-29(21)23(30)26-22)19-5-3-2-4-6-19/h2-10,14,16,20H,11-13,15H2,1H3,(H,25,26,30). The normalized spacial score (nSPS) is 23.9. The van der Waals surface area contributed by atoms with Gasteiger partial charge in [0.15, 0.2) is 5.82 Å². The highest BCUT2D eigenvalue weighted by atomic mass is 35.5. The number of rotatable bonds is 4. The van der Waals surface area contributed by atoms with Gasteiger partial charge in [-0.15, -0.1) is 0 Å². The Kier molecular flexibility index (Phi) is 4.97. The van der Waals surface area contributed by atoms with Crippen LogP contribution in [0.5, 0.6) is 0 Å². The number of halogens is 1. The Hall–Kier alpha value is -2.83. The van der Waals surface area contributed by atoms with Crippen LogP contribution in [0.25, 0.3) is 0 Å². The average molecular weight is 422 g/mol. The molecule has 6 nitrogen and oxygen atoms in total. The molecule has 1 N–H and O–H groups in total. The van der Waals surface area contributed by atoms with Crippen LogP contribution in [0.15, 0.2) is 71.6 Å². The summed E-state index contributed by atoms with van der Waals surface area (Å²) in [5.41, 5.74) is 2.29. The maximum atomic E-state index is 12.8. The monoisotopic (exact) mass is 421 g/mol. The van der Waals surface area contributed by atoms with Crippen molar-refractivity contribution < 1.29 is 4.79 Å². The zero-order valence-electron chi connectivity index (χ0n) is 16.8. The van der Waals surface area contributed by atoms with Gasteiger partial charge in [-0.1, -0.05) is 48.9 Å². The molecule has 0 aliphatic carbocycles. The van der Waals surface area contributed by atoms with Crippen molar-refractivity contribution in [3.05, 3.63) is 77.2 Å². The van der Waals surface area contributed by atoms with E-state index in [0.29, 0.717) is 18.4 Å². The van der Waals surface area contributed by atoms with E-state index in [1.807, 2.05) is 53.6 Å². The van der Waals surface area contributed by atoms with Gasteiger partial charge in [0.2, 0.25) is 0 Å². The number of hydrogen-bond donors (Lipinski definition) is 1. The number of hydrogen-bond acceptors (Lipinski definition) is 4. The number of fused-ring (bicyclic) bond motifs is 1. The Morgan fingerprint density at radius 1 is 1.10 bits per heavy atom. The molecule has 0 aromatic heterocycles. The summed E-state index contributed by atoms with van der Waals surface area (Å²) in [6, 6.07) is 17.9.